The molecular weight excluding hydrogens is 889 g/mol. The third-order valence-electron chi connectivity index (χ3n) is 18.3. The fourth-order valence-corrected chi connectivity index (χ4v) is 15.1. The van der Waals surface area contributed by atoms with Gasteiger partial charge in [-0.25, -0.2) is 0 Å². The lowest BCUT2D eigenvalue weighted by Crippen LogP contribution is -2.55. The van der Waals surface area contributed by atoms with E-state index in [1.807, 2.05) is 133 Å². The maximum absolute atomic E-state index is 13.9. The molecule has 8 bridgehead atoms. The van der Waals surface area contributed by atoms with E-state index in [0.717, 1.165) is 123 Å². The SMILES string of the molecule is O=C(NCC12CC3CCC(NC(=O)c4ccc(-c5ccccc5)cc4)(C3)CC(C1)C2)c1ccc(-c2ccc(C(=O)NC34CCC(CC5(CNC(=O)c6ccc(-c7ccccc7)cc6)CC(C5)C3)C4)cc2)cc1. The lowest BCUT2D eigenvalue weighted by atomic mass is 9.54. The molecule has 4 atom stereocenters. The highest BCUT2D eigenvalue weighted by molar-refractivity contribution is 5.97. The van der Waals surface area contributed by atoms with Crippen LogP contribution in [0.5, 0.6) is 0 Å². The van der Waals surface area contributed by atoms with E-state index in [1.165, 1.54) is 0 Å². The predicted octanol–water partition coefficient (Wildman–Crippen LogP) is 12.5. The summed E-state index contributed by atoms with van der Waals surface area (Å²) in [6.07, 6.45) is 14.9. The highest BCUT2D eigenvalue weighted by atomic mass is 16.2. The number of carbonyl (C=O) groups is 4. The summed E-state index contributed by atoms with van der Waals surface area (Å²) in [5, 5.41) is 13.7. The van der Waals surface area contributed by atoms with Gasteiger partial charge in [-0.3, -0.25) is 19.2 Å². The van der Waals surface area contributed by atoms with E-state index in [-0.39, 0.29) is 45.5 Å². The van der Waals surface area contributed by atoms with E-state index in [2.05, 4.69) is 45.5 Å². The van der Waals surface area contributed by atoms with E-state index in [9.17, 15) is 19.2 Å². The second-order valence-electron chi connectivity index (χ2n) is 23.5. The van der Waals surface area contributed by atoms with Gasteiger partial charge in [0.15, 0.2) is 0 Å². The molecule has 8 heteroatoms. The molecule has 4 unspecified atom stereocenters. The Balaban J connectivity index is 0.599. The van der Waals surface area contributed by atoms with Crippen molar-refractivity contribution in [1.29, 1.82) is 0 Å². The summed E-state index contributed by atoms with van der Waals surface area (Å²) in [4.78, 5) is 54.3. The molecule has 366 valence electrons. The molecule has 0 spiro atoms. The number of rotatable bonds is 13. The van der Waals surface area contributed by atoms with E-state index in [0.29, 0.717) is 59.0 Å². The summed E-state index contributed by atoms with van der Waals surface area (Å²) in [6.45, 7) is 1.40. The fraction of sp³-hybridized carbons (Fsp3) is 0.375. The van der Waals surface area contributed by atoms with Crippen molar-refractivity contribution >= 4 is 23.6 Å². The number of nitrogens with one attached hydrogen (secondary N) is 4. The largest absolute Gasteiger partial charge is 0.351 e. The average Bonchev–Trinajstić information content (AvgIpc) is 4.02. The molecule has 8 fully saturated rings. The van der Waals surface area contributed by atoms with Gasteiger partial charge in [0.1, 0.15) is 0 Å². The maximum atomic E-state index is 13.9. The number of benzene rings is 6. The Morgan fingerprint density at radius 3 is 0.944 bits per heavy atom. The summed E-state index contributed by atoms with van der Waals surface area (Å²) < 4.78 is 0. The molecule has 0 saturated heterocycles. The van der Waals surface area contributed by atoms with Gasteiger partial charge in [-0.15, -0.1) is 0 Å². The van der Waals surface area contributed by atoms with Gasteiger partial charge in [0, 0.05) is 46.4 Å². The molecule has 6 aromatic rings. The summed E-state index contributed by atoms with van der Waals surface area (Å²) in [6, 6.07) is 52.1. The Morgan fingerprint density at radius 2 is 0.611 bits per heavy atom. The molecule has 8 aliphatic rings. The standard InChI is InChI=1S/C64H66N4O4/c69-57(53-19-11-49(12-20-53)47-7-3-1-4-8-47)65-41-61-31-44-28-30-64(38-44,40-46(33-61)34-61)68-60(72)56-25-17-52(18-26-56)51-13-21-54(22-14-51)58(70)66-42-62-32-43-27-29-63(37-43,39-45(35-62)36-62)67-59(71)55-23-15-50(16-24-55)48-9-5-2-6-10-48/h1-26,43-46H,27-42H2,(H,65,69)(H,66,70)(H,67,71)(H,68,72). The average molecular weight is 955 g/mol. The summed E-state index contributed by atoms with van der Waals surface area (Å²) in [5.74, 6) is 2.16. The quantitative estimate of drug-likeness (QED) is 0.0922. The fourth-order valence-electron chi connectivity index (χ4n) is 15.1. The molecule has 0 radical (unpaired) electrons. The van der Waals surface area contributed by atoms with Gasteiger partial charge in [-0.05, 0) is 206 Å². The molecule has 8 saturated carbocycles. The summed E-state index contributed by atoms with van der Waals surface area (Å²) in [5.41, 5.74) is 9.20. The highest BCUT2D eigenvalue weighted by Crippen LogP contribution is 2.60. The van der Waals surface area contributed by atoms with E-state index < -0.39 is 0 Å². The van der Waals surface area contributed by atoms with Crippen molar-refractivity contribution < 1.29 is 19.2 Å². The van der Waals surface area contributed by atoms with Crippen LogP contribution in [-0.2, 0) is 0 Å². The Labute approximate surface area is 424 Å². The van der Waals surface area contributed by atoms with E-state index in [4.69, 9.17) is 0 Å². The zero-order chi connectivity index (χ0) is 48.9. The molecule has 72 heavy (non-hydrogen) atoms. The molecule has 8 nitrogen and oxygen atoms in total. The monoisotopic (exact) mass is 955 g/mol. The summed E-state index contributed by atoms with van der Waals surface area (Å²) in [7, 11) is 0. The lowest BCUT2D eigenvalue weighted by Gasteiger charge is -2.53. The minimum atomic E-state index is -0.174. The molecule has 4 amide bonds. The topological polar surface area (TPSA) is 116 Å². The van der Waals surface area contributed by atoms with Gasteiger partial charge in [0.05, 0.1) is 0 Å². The van der Waals surface area contributed by atoms with Crippen LogP contribution in [0, 0.1) is 34.5 Å². The van der Waals surface area contributed by atoms with Crippen LogP contribution in [0.25, 0.3) is 33.4 Å². The number of hydrogen-bond donors (Lipinski definition) is 4. The van der Waals surface area contributed by atoms with Gasteiger partial charge in [-0.2, -0.15) is 0 Å². The Morgan fingerprint density at radius 1 is 0.333 bits per heavy atom. The molecule has 14 rings (SSSR count). The Bertz CT molecular complexity index is 2960. The van der Waals surface area contributed by atoms with Gasteiger partial charge in [0.25, 0.3) is 23.6 Å². The van der Waals surface area contributed by atoms with Crippen LogP contribution in [-0.4, -0.2) is 47.8 Å². The number of hydrogen-bond acceptors (Lipinski definition) is 4. The first-order chi connectivity index (χ1) is 35.0. The van der Waals surface area contributed by atoms with E-state index in [1.54, 1.807) is 0 Å². The molecule has 0 aliphatic heterocycles. The third-order valence-corrected chi connectivity index (χ3v) is 18.3. The number of carbonyl (C=O) groups excluding carboxylic acids is 4. The molecule has 0 heterocycles. The lowest BCUT2D eigenvalue weighted by molar-refractivity contribution is -0.00553. The Kier molecular flexibility index (Phi) is 12.0. The van der Waals surface area contributed by atoms with Crippen molar-refractivity contribution in [2.45, 2.75) is 101 Å². The molecule has 4 N–H and O–H groups in total. The first kappa shape index (κ1) is 46.3. The van der Waals surface area contributed by atoms with Crippen LogP contribution < -0.4 is 21.3 Å². The van der Waals surface area contributed by atoms with Crippen molar-refractivity contribution in [2.24, 2.45) is 34.5 Å². The van der Waals surface area contributed by atoms with Crippen LogP contribution in [0.3, 0.4) is 0 Å². The summed E-state index contributed by atoms with van der Waals surface area (Å²) >= 11 is 0. The normalized spacial score (nSPS) is 28.6. The minimum Gasteiger partial charge on any atom is -0.351 e. The Hall–Kier alpha value is -6.80. The van der Waals surface area contributed by atoms with Crippen LogP contribution >= 0.6 is 0 Å². The van der Waals surface area contributed by atoms with Gasteiger partial charge in [-0.1, -0.05) is 109 Å². The van der Waals surface area contributed by atoms with Crippen LogP contribution in [0.2, 0.25) is 0 Å². The third kappa shape index (κ3) is 9.41. The smallest absolute Gasteiger partial charge is 0.251 e. The van der Waals surface area contributed by atoms with Crippen molar-refractivity contribution in [1.82, 2.24) is 21.3 Å². The maximum Gasteiger partial charge on any atom is 0.251 e. The van der Waals surface area contributed by atoms with Crippen molar-refractivity contribution in [3.8, 4) is 33.4 Å². The second-order valence-corrected chi connectivity index (χ2v) is 23.5. The highest BCUT2D eigenvalue weighted by Gasteiger charge is 2.56. The van der Waals surface area contributed by atoms with Crippen LogP contribution in [0.4, 0.5) is 0 Å². The molecular formula is C64H66N4O4. The first-order valence-corrected chi connectivity index (χ1v) is 26.7. The van der Waals surface area contributed by atoms with Gasteiger partial charge >= 0.3 is 0 Å². The van der Waals surface area contributed by atoms with Gasteiger partial charge in [0.2, 0.25) is 0 Å². The van der Waals surface area contributed by atoms with Crippen molar-refractivity contribution in [3.05, 3.63) is 180 Å². The van der Waals surface area contributed by atoms with Crippen LogP contribution in [0.15, 0.2) is 158 Å². The zero-order valence-corrected chi connectivity index (χ0v) is 41.3. The second kappa shape index (κ2) is 18.7. The predicted molar refractivity (Wildman–Crippen MR) is 284 cm³/mol. The van der Waals surface area contributed by atoms with E-state index >= 15 is 0 Å². The van der Waals surface area contributed by atoms with Crippen molar-refractivity contribution in [2.75, 3.05) is 13.1 Å². The minimum absolute atomic E-state index is 0.00504. The molecule has 8 aliphatic carbocycles. The number of amides is 4. The van der Waals surface area contributed by atoms with Crippen LogP contribution in [0.1, 0.15) is 131 Å². The van der Waals surface area contributed by atoms with Crippen molar-refractivity contribution in [3.63, 3.8) is 0 Å². The van der Waals surface area contributed by atoms with Gasteiger partial charge < -0.3 is 21.3 Å². The zero-order valence-electron chi connectivity index (χ0n) is 41.3. The molecule has 6 aromatic carbocycles. The molecule has 0 aromatic heterocycles. The first-order valence-electron chi connectivity index (χ1n) is 26.7.